The Morgan fingerprint density at radius 3 is 2.55 bits per heavy atom. The molecule has 116 valence electrons. The Kier molecular flexibility index (Phi) is 4.06. The monoisotopic (exact) mass is 320 g/mol. The SMILES string of the molecule is Cc1ccc(OCC(=O)N2CC(N3C(=O)CSC3=O)C2)cc1. The third-order valence-corrected chi connectivity index (χ3v) is 4.58. The lowest BCUT2D eigenvalue weighted by molar-refractivity contribution is -0.143. The van der Waals surface area contributed by atoms with Crippen LogP contribution in [0.2, 0.25) is 0 Å². The van der Waals surface area contributed by atoms with E-state index in [-0.39, 0.29) is 35.5 Å². The van der Waals surface area contributed by atoms with Crippen LogP contribution in [0.3, 0.4) is 0 Å². The van der Waals surface area contributed by atoms with E-state index in [1.165, 1.54) is 4.90 Å². The Labute approximate surface area is 132 Å². The molecule has 22 heavy (non-hydrogen) atoms. The zero-order valence-electron chi connectivity index (χ0n) is 12.2. The zero-order chi connectivity index (χ0) is 15.7. The highest BCUT2D eigenvalue weighted by atomic mass is 32.2. The van der Waals surface area contributed by atoms with Crippen molar-refractivity contribution in [3.8, 4) is 5.75 Å². The molecule has 0 radical (unpaired) electrons. The standard InChI is InChI=1S/C15H16N2O4S/c1-10-2-4-12(5-3-10)21-8-13(18)16-6-11(7-16)17-14(19)9-22-15(17)20/h2-5,11H,6-9H2,1H3. The van der Waals surface area contributed by atoms with Gasteiger partial charge in [0.15, 0.2) is 6.61 Å². The molecular weight excluding hydrogens is 304 g/mol. The van der Waals surface area contributed by atoms with Crippen LogP contribution in [-0.4, -0.2) is 58.3 Å². The Morgan fingerprint density at radius 2 is 1.95 bits per heavy atom. The van der Waals surface area contributed by atoms with Crippen LogP contribution in [0.1, 0.15) is 5.56 Å². The van der Waals surface area contributed by atoms with Crippen molar-refractivity contribution in [1.29, 1.82) is 0 Å². The average Bonchev–Trinajstić information content (AvgIpc) is 2.77. The third kappa shape index (κ3) is 2.94. The predicted octanol–water partition coefficient (Wildman–Crippen LogP) is 1.28. The summed E-state index contributed by atoms with van der Waals surface area (Å²) in [4.78, 5) is 38.0. The van der Waals surface area contributed by atoms with Crippen LogP contribution >= 0.6 is 11.8 Å². The van der Waals surface area contributed by atoms with Crippen LogP contribution in [0, 0.1) is 6.92 Å². The molecule has 7 heteroatoms. The van der Waals surface area contributed by atoms with Crippen molar-refractivity contribution in [2.75, 3.05) is 25.4 Å². The first-order valence-corrected chi connectivity index (χ1v) is 7.99. The molecule has 1 aromatic rings. The van der Waals surface area contributed by atoms with E-state index in [1.807, 2.05) is 31.2 Å². The second-order valence-electron chi connectivity index (χ2n) is 5.37. The molecule has 3 amide bonds. The fourth-order valence-electron chi connectivity index (χ4n) is 2.41. The maximum atomic E-state index is 12.0. The molecule has 2 heterocycles. The second-order valence-corrected chi connectivity index (χ2v) is 6.30. The molecule has 0 N–H and O–H groups in total. The van der Waals surface area contributed by atoms with Gasteiger partial charge >= 0.3 is 0 Å². The summed E-state index contributed by atoms with van der Waals surface area (Å²) in [7, 11) is 0. The lowest BCUT2D eigenvalue weighted by Crippen LogP contribution is -2.62. The van der Waals surface area contributed by atoms with E-state index >= 15 is 0 Å². The first kappa shape index (κ1) is 14.9. The van der Waals surface area contributed by atoms with Gasteiger partial charge in [-0.25, -0.2) is 0 Å². The van der Waals surface area contributed by atoms with E-state index in [0.29, 0.717) is 18.8 Å². The van der Waals surface area contributed by atoms with Crippen LogP contribution in [0.15, 0.2) is 24.3 Å². The van der Waals surface area contributed by atoms with E-state index < -0.39 is 0 Å². The molecule has 2 aliphatic rings. The van der Waals surface area contributed by atoms with E-state index in [4.69, 9.17) is 4.74 Å². The number of carbonyl (C=O) groups is 3. The Balaban J connectivity index is 1.46. The highest BCUT2D eigenvalue weighted by molar-refractivity contribution is 8.14. The molecule has 0 unspecified atom stereocenters. The highest BCUT2D eigenvalue weighted by Gasteiger charge is 2.43. The predicted molar refractivity (Wildman–Crippen MR) is 81.7 cm³/mol. The number of benzene rings is 1. The summed E-state index contributed by atoms with van der Waals surface area (Å²) in [6, 6.07) is 7.29. The van der Waals surface area contributed by atoms with Crippen LogP contribution in [0.5, 0.6) is 5.75 Å². The molecule has 6 nitrogen and oxygen atoms in total. The normalized spacial score (nSPS) is 18.6. The van der Waals surface area contributed by atoms with E-state index in [0.717, 1.165) is 17.3 Å². The van der Waals surface area contributed by atoms with Crippen molar-refractivity contribution in [3.05, 3.63) is 29.8 Å². The molecule has 0 spiro atoms. The van der Waals surface area contributed by atoms with Gasteiger partial charge in [0.1, 0.15) is 5.75 Å². The summed E-state index contributed by atoms with van der Waals surface area (Å²) in [6.45, 7) is 2.74. The number of amides is 3. The van der Waals surface area contributed by atoms with Crippen molar-refractivity contribution in [3.63, 3.8) is 0 Å². The van der Waals surface area contributed by atoms with Crippen molar-refractivity contribution in [1.82, 2.24) is 9.80 Å². The van der Waals surface area contributed by atoms with E-state index in [1.54, 1.807) is 4.90 Å². The summed E-state index contributed by atoms with van der Waals surface area (Å²) in [5.41, 5.74) is 1.13. The molecule has 3 rings (SSSR count). The fraction of sp³-hybridized carbons (Fsp3) is 0.400. The van der Waals surface area contributed by atoms with Gasteiger partial charge in [0.25, 0.3) is 11.1 Å². The molecule has 0 aliphatic carbocycles. The average molecular weight is 320 g/mol. The van der Waals surface area contributed by atoms with Crippen molar-refractivity contribution < 1.29 is 19.1 Å². The molecule has 0 bridgehead atoms. The Hall–Kier alpha value is -2.02. The molecular formula is C15H16N2O4S. The molecule has 2 fully saturated rings. The van der Waals surface area contributed by atoms with Gasteiger partial charge in [-0.15, -0.1) is 0 Å². The minimum absolute atomic E-state index is 0.0353. The summed E-state index contributed by atoms with van der Waals surface area (Å²) >= 11 is 1.02. The molecule has 0 aromatic heterocycles. The first-order valence-electron chi connectivity index (χ1n) is 7.00. The smallest absolute Gasteiger partial charge is 0.289 e. The Morgan fingerprint density at radius 1 is 1.27 bits per heavy atom. The summed E-state index contributed by atoms with van der Waals surface area (Å²) in [6.07, 6.45) is 0. The van der Waals surface area contributed by atoms with E-state index in [9.17, 15) is 14.4 Å². The Bertz CT molecular complexity index is 594. The second kappa shape index (κ2) is 6.00. The van der Waals surface area contributed by atoms with Crippen molar-refractivity contribution in [2.24, 2.45) is 0 Å². The van der Waals surface area contributed by atoms with Crippen LogP contribution in [-0.2, 0) is 9.59 Å². The van der Waals surface area contributed by atoms with Gasteiger partial charge in [-0.05, 0) is 19.1 Å². The van der Waals surface area contributed by atoms with Gasteiger partial charge in [0.2, 0.25) is 5.91 Å². The van der Waals surface area contributed by atoms with Gasteiger partial charge in [-0.1, -0.05) is 29.5 Å². The fourth-order valence-corrected chi connectivity index (χ4v) is 3.19. The number of rotatable bonds is 4. The van der Waals surface area contributed by atoms with Crippen LogP contribution in [0.4, 0.5) is 4.79 Å². The van der Waals surface area contributed by atoms with Gasteiger partial charge in [0, 0.05) is 13.1 Å². The number of nitrogens with zero attached hydrogens (tertiary/aromatic N) is 2. The number of carbonyl (C=O) groups excluding carboxylic acids is 3. The summed E-state index contributed by atoms with van der Waals surface area (Å²) in [5.74, 6) is 0.559. The largest absolute Gasteiger partial charge is 0.484 e. The zero-order valence-corrected chi connectivity index (χ0v) is 13.0. The highest BCUT2D eigenvalue weighted by Crippen LogP contribution is 2.26. The van der Waals surface area contributed by atoms with E-state index in [2.05, 4.69) is 0 Å². The maximum Gasteiger partial charge on any atom is 0.289 e. The molecule has 2 aliphatic heterocycles. The molecule has 2 saturated heterocycles. The van der Waals surface area contributed by atoms with Crippen molar-refractivity contribution >= 4 is 28.8 Å². The summed E-state index contributed by atoms with van der Waals surface area (Å²) < 4.78 is 5.44. The molecule has 0 atom stereocenters. The van der Waals surface area contributed by atoms with Gasteiger partial charge in [0.05, 0.1) is 11.8 Å². The maximum absolute atomic E-state index is 12.0. The van der Waals surface area contributed by atoms with Gasteiger partial charge in [-0.3, -0.25) is 19.3 Å². The number of ether oxygens (including phenoxy) is 1. The number of likely N-dealkylation sites (tertiary alicyclic amines) is 1. The van der Waals surface area contributed by atoms with Crippen molar-refractivity contribution in [2.45, 2.75) is 13.0 Å². The quantitative estimate of drug-likeness (QED) is 0.836. The lowest BCUT2D eigenvalue weighted by atomic mass is 10.1. The first-order chi connectivity index (χ1) is 10.5. The van der Waals surface area contributed by atoms with Gasteiger partial charge in [-0.2, -0.15) is 0 Å². The van der Waals surface area contributed by atoms with Crippen LogP contribution < -0.4 is 4.74 Å². The number of hydrogen-bond acceptors (Lipinski definition) is 5. The lowest BCUT2D eigenvalue weighted by Gasteiger charge is -2.42. The van der Waals surface area contributed by atoms with Crippen LogP contribution in [0.25, 0.3) is 0 Å². The minimum atomic E-state index is -0.210. The third-order valence-electron chi connectivity index (χ3n) is 3.75. The van der Waals surface area contributed by atoms with Gasteiger partial charge < -0.3 is 9.64 Å². The number of aryl methyl sites for hydroxylation is 1. The summed E-state index contributed by atoms with van der Waals surface area (Å²) in [5, 5.41) is -0.210. The number of imide groups is 1. The number of hydrogen-bond donors (Lipinski definition) is 0. The molecule has 1 aromatic carbocycles. The number of thioether (sulfide) groups is 1. The minimum Gasteiger partial charge on any atom is -0.484 e. The molecule has 0 saturated carbocycles. The topological polar surface area (TPSA) is 66.9 Å².